The first-order chi connectivity index (χ1) is 8.02. The van der Waals surface area contributed by atoms with Gasteiger partial charge in [-0.1, -0.05) is 0 Å². The molecule has 0 saturated carbocycles. The second kappa shape index (κ2) is 6.25. The summed E-state index contributed by atoms with van der Waals surface area (Å²) in [7, 11) is 3.55. The number of hydrogen-bond donors (Lipinski definition) is 1. The van der Waals surface area contributed by atoms with Gasteiger partial charge in [-0.25, -0.2) is 0 Å². The van der Waals surface area contributed by atoms with Crippen molar-refractivity contribution in [2.75, 3.05) is 26.0 Å². The van der Waals surface area contributed by atoms with E-state index < -0.39 is 0 Å². The van der Waals surface area contributed by atoms with E-state index >= 15 is 0 Å². The highest BCUT2D eigenvalue weighted by atomic mass is 16.5. The monoisotopic (exact) mass is 236 g/mol. The predicted octanol–water partition coefficient (Wildman–Crippen LogP) is 1.97. The molecule has 0 aliphatic heterocycles. The van der Waals surface area contributed by atoms with Crippen molar-refractivity contribution in [2.24, 2.45) is 0 Å². The number of likely N-dealkylation sites (N-methyl/N-ethyl adjacent to an activating group) is 1. The van der Waals surface area contributed by atoms with Crippen molar-refractivity contribution in [2.45, 2.75) is 19.9 Å². The van der Waals surface area contributed by atoms with E-state index in [0.717, 1.165) is 11.4 Å². The highest BCUT2D eigenvalue weighted by Gasteiger charge is 2.09. The molecule has 0 atom stereocenters. The average molecular weight is 236 g/mol. The lowest BCUT2D eigenvalue weighted by Gasteiger charge is -2.20. The number of ether oxygens (including phenoxy) is 1. The van der Waals surface area contributed by atoms with Gasteiger partial charge in [-0.3, -0.25) is 9.69 Å². The smallest absolute Gasteiger partial charge is 0.238 e. The van der Waals surface area contributed by atoms with Gasteiger partial charge in [-0.05, 0) is 45.2 Å². The van der Waals surface area contributed by atoms with E-state index in [1.54, 1.807) is 7.11 Å². The first-order valence-corrected chi connectivity index (χ1v) is 5.67. The molecule has 0 fully saturated rings. The summed E-state index contributed by atoms with van der Waals surface area (Å²) >= 11 is 0. The van der Waals surface area contributed by atoms with Gasteiger partial charge in [0.2, 0.25) is 5.91 Å². The molecule has 0 aromatic heterocycles. The number of nitrogens with one attached hydrogen (secondary N) is 1. The van der Waals surface area contributed by atoms with Crippen LogP contribution < -0.4 is 10.1 Å². The van der Waals surface area contributed by atoms with E-state index in [1.165, 1.54) is 0 Å². The van der Waals surface area contributed by atoms with Gasteiger partial charge in [0.25, 0.3) is 0 Å². The molecule has 0 spiro atoms. The van der Waals surface area contributed by atoms with Crippen LogP contribution in [0.1, 0.15) is 13.8 Å². The largest absolute Gasteiger partial charge is 0.497 e. The molecule has 1 aromatic rings. The first kappa shape index (κ1) is 13.5. The number of nitrogens with zero attached hydrogens (tertiary/aromatic N) is 1. The molecule has 1 N–H and O–H groups in total. The van der Waals surface area contributed by atoms with Crippen LogP contribution in [0.2, 0.25) is 0 Å². The fourth-order valence-corrected chi connectivity index (χ4v) is 1.28. The molecule has 0 saturated heterocycles. The highest BCUT2D eigenvalue weighted by Crippen LogP contribution is 2.14. The molecule has 4 heteroatoms. The maximum Gasteiger partial charge on any atom is 0.238 e. The number of benzene rings is 1. The van der Waals surface area contributed by atoms with Crippen molar-refractivity contribution in [3.8, 4) is 5.75 Å². The Balaban J connectivity index is 2.50. The van der Waals surface area contributed by atoms with E-state index in [2.05, 4.69) is 19.2 Å². The van der Waals surface area contributed by atoms with Gasteiger partial charge in [0.1, 0.15) is 5.75 Å². The van der Waals surface area contributed by atoms with Gasteiger partial charge >= 0.3 is 0 Å². The summed E-state index contributed by atoms with van der Waals surface area (Å²) in [4.78, 5) is 13.7. The summed E-state index contributed by atoms with van der Waals surface area (Å²) < 4.78 is 5.05. The Kier molecular flexibility index (Phi) is 4.97. The van der Waals surface area contributed by atoms with Crippen molar-refractivity contribution in [1.29, 1.82) is 0 Å². The van der Waals surface area contributed by atoms with Crippen molar-refractivity contribution in [3.63, 3.8) is 0 Å². The van der Waals surface area contributed by atoms with Crippen molar-refractivity contribution in [1.82, 2.24) is 4.90 Å². The molecule has 4 nitrogen and oxygen atoms in total. The van der Waals surface area contributed by atoms with Crippen LogP contribution in [0.25, 0.3) is 0 Å². The second-order valence-electron chi connectivity index (χ2n) is 4.29. The van der Waals surface area contributed by atoms with Crippen molar-refractivity contribution < 1.29 is 9.53 Å². The van der Waals surface area contributed by atoms with E-state index in [-0.39, 0.29) is 5.91 Å². The number of hydrogen-bond acceptors (Lipinski definition) is 3. The van der Waals surface area contributed by atoms with Crippen LogP contribution in [0.15, 0.2) is 24.3 Å². The molecule has 94 valence electrons. The van der Waals surface area contributed by atoms with Crippen LogP contribution in [0, 0.1) is 0 Å². The minimum atomic E-state index is -0.00799. The second-order valence-corrected chi connectivity index (χ2v) is 4.29. The molecule has 17 heavy (non-hydrogen) atoms. The number of carbonyl (C=O) groups is 1. The zero-order valence-electron chi connectivity index (χ0n) is 10.9. The Morgan fingerprint density at radius 2 is 1.94 bits per heavy atom. The predicted molar refractivity (Wildman–Crippen MR) is 69.4 cm³/mol. The lowest BCUT2D eigenvalue weighted by atomic mass is 10.3. The zero-order chi connectivity index (χ0) is 12.8. The van der Waals surface area contributed by atoms with Gasteiger partial charge in [0.05, 0.1) is 13.7 Å². The summed E-state index contributed by atoms with van der Waals surface area (Å²) in [5.41, 5.74) is 0.785. The van der Waals surface area contributed by atoms with Crippen LogP contribution in [0.4, 0.5) is 5.69 Å². The maximum absolute atomic E-state index is 11.7. The normalized spacial score (nSPS) is 10.7. The number of methoxy groups -OCH3 is 1. The van der Waals surface area contributed by atoms with E-state index in [0.29, 0.717) is 12.6 Å². The standard InChI is InChI=1S/C13H20N2O2/c1-10(2)15(3)9-13(16)14-11-5-7-12(17-4)8-6-11/h5-8,10H,9H2,1-4H3,(H,14,16). The van der Waals surface area contributed by atoms with Crippen LogP contribution >= 0.6 is 0 Å². The average Bonchev–Trinajstić information content (AvgIpc) is 2.29. The Hall–Kier alpha value is -1.55. The fourth-order valence-electron chi connectivity index (χ4n) is 1.28. The number of rotatable bonds is 5. The van der Waals surface area contributed by atoms with Crippen LogP contribution in [0.3, 0.4) is 0 Å². The summed E-state index contributed by atoms with van der Waals surface area (Å²) in [5, 5.41) is 2.84. The minimum absolute atomic E-state index is 0.00799. The third-order valence-corrected chi connectivity index (χ3v) is 2.65. The van der Waals surface area contributed by atoms with Gasteiger partial charge < -0.3 is 10.1 Å². The molecule has 0 aliphatic rings. The Bertz CT molecular complexity index is 360. The molecule has 1 amide bonds. The summed E-state index contributed by atoms with van der Waals surface area (Å²) in [6.07, 6.45) is 0. The highest BCUT2D eigenvalue weighted by molar-refractivity contribution is 5.92. The first-order valence-electron chi connectivity index (χ1n) is 5.67. The lowest BCUT2D eigenvalue weighted by molar-refractivity contribution is -0.117. The third-order valence-electron chi connectivity index (χ3n) is 2.65. The molecule has 1 rings (SSSR count). The molecule has 0 aliphatic carbocycles. The van der Waals surface area contributed by atoms with Gasteiger partial charge in [-0.2, -0.15) is 0 Å². The molecule has 0 bridgehead atoms. The summed E-state index contributed by atoms with van der Waals surface area (Å²) in [5.74, 6) is 0.772. The fraction of sp³-hybridized carbons (Fsp3) is 0.462. The molecule has 0 unspecified atom stereocenters. The maximum atomic E-state index is 11.7. The van der Waals surface area contributed by atoms with Crippen molar-refractivity contribution in [3.05, 3.63) is 24.3 Å². The SMILES string of the molecule is COc1ccc(NC(=O)CN(C)C(C)C)cc1. The Morgan fingerprint density at radius 3 is 2.41 bits per heavy atom. The number of carbonyl (C=O) groups excluding carboxylic acids is 1. The quantitative estimate of drug-likeness (QED) is 0.850. The third kappa shape index (κ3) is 4.44. The molecular formula is C13H20N2O2. The van der Waals surface area contributed by atoms with Gasteiger partial charge in [0, 0.05) is 11.7 Å². The molecule has 1 aromatic carbocycles. The van der Waals surface area contributed by atoms with E-state index in [9.17, 15) is 4.79 Å². The molecular weight excluding hydrogens is 216 g/mol. The Morgan fingerprint density at radius 1 is 1.35 bits per heavy atom. The zero-order valence-corrected chi connectivity index (χ0v) is 10.9. The number of amides is 1. The lowest BCUT2D eigenvalue weighted by Crippen LogP contribution is -2.34. The Labute approximate surface area is 103 Å². The van der Waals surface area contributed by atoms with Crippen molar-refractivity contribution >= 4 is 11.6 Å². The van der Waals surface area contributed by atoms with Crippen LogP contribution in [-0.2, 0) is 4.79 Å². The molecule has 0 radical (unpaired) electrons. The summed E-state index contributed by atoms with van der Waals surface area (Å²) in [6.45, 7) is 4.50. The summed E-state index contributed by atoms with van der Waals surface area (Å²) in [6, 6.07) is 7.65. The van der Waals surface area contributed by atoms with Crippen LogP contribution in [-0.4, -0.2) is 37.6 Å². The van der Waals surface area contributed by atoms with Gasteiger partial charge in [0.15, 0.2) is 0 Å². The van der Waals surface area contributed by atoms with E-state index in [1.807, 2.05) is 36.2 Å². The van der Waals surface area contributed by atoms with Gasteiger partial charge in [-0.15, -0.1) is 0 Å². The van der Waals surface area contributed by atoms with Crippen LogP contribution in [0.5, 0.6) is 5.75 Å². The number of anilines is 1. The molecule has 0 heterocycles. The minimum Gasteiger partial charge on any atom is -0.497 e. The van der Waals surface area contributed by atoms with E-state index in [4.69, 9.17) is 4.74 Å². The topological polar surface area (TPSA) is 41.6 Å².